The Morgan fingerprint density at radius 2 is 1.75 bits per heavy atom. The summed E-state index contributed by atoms with van der Waals surface area (Å²) in [6, 6.07) is 7.93. The largest absolute Gasteiger partial charge is 0.462 e. The van der Waals surface area contributed by atoms with Gasteiger partial charge < -0.3 is 18.9 Å². The maximum Gasteiger partial charge on any atom is 0.226 e. The van der Waals surface area contributed by atoms with Crippen LogP contribution in [0.2, 0.25) is 0 Å². The fraction of sp³-hybridized carbons (Fsp3) is 0.625. The maximum absolute atomic E-state index is 5.59. The van der Waals surface area contributed by atoms with Crippen molar-refractivity contribution in [3.8, 4) is 5.75 Å². The van der Waals surface area contributed by atoms with Gasteiger partial charge in [-0.25, -0.2) is 0 Å². The fourth-order valence-electron chi connectivity index (χ4n) is 1.74. The van der Waals surface area contributed by atoms with Crippen molar-refractivity contribution in [2.45, 2.75) is 45.7 Å². The molecule has 1 aliphatic heterocycles. The summed E-state index contributed by atoms with van der Waals surface area (Å²) < 4.78 is 21.8. The molecule has 20 heavy (non-hydrogen) atoms. The van der Waals surface area contributed by atoms with E-state index in [1.165, 1.54) is 6.42 Å². The first-order valence-electron chi connectivity index (χ1n) is 7.36. The Bertz CT molecular complexity index is 377. The highest BCUT2D eigenvalue weighted by Gasteiger charge is 2.36. The number of rotatable bonds is 10. The number of hydrogen-bond donors (Lipinski definition) is 0. The summed E-state index contributed by atoms with van der Waals surface area (Å²) in [4.78, 5) is 0. The third kappa shape index (κ3) is 5.49. The number of unbranched alkanes of at least 4 members (excludes halogenated alkanes) is 1. The van der Waals surface area contributed by atoms with E-state index >= 15 is 0 Å². The molecule has 1 aromatic rings. The van der Waals surface area contributed by atoms with Crippen molar-refractivity contribution in [1.29, 1.82) is 0 Å². The first-order valence-corrected chi connectivity index (χ1v) is 7.36. The number of benzene rings is 1. The summed E-state index contributed by atoms with van der Waals surface area (Å²) in [5, 5.41) is 0. The molecule has 0 amide bonds. The molecule has 4 nitrogen and oxygen atoms in total. The van der Waals surface area contributed by atoms with Crippen LogP contribution in [0.1, 0.15) is 32.3 Å². The average Bonchev–Trinajstić information content (AvgIpc) is 3.15. The Morgan fingerprint density at radius 3 is 2.40 bits per heavy atom. The maximum atomic E-state index is 5.59. The molecule has 1 aromatic carbocycles. The van der Waals surface area contributed by atoms with Gasteiger partial charge in [0.05, 0.1) is 19.8 Å². The molecule has 1 heterocycles. The number of hydrogen-bond acceptors (Lipinski definition) is 4. The van der Waals surface area contributed by atoms with Crippen LogP contribution in [0.25, 0.3) is 0 Å². The van der Waals surface area contributed by atoms with Crippen molar-refractivity contribution in [2.75, 3.05) is 19.8 Å². The molecular formula is C16H24O4. The molecule has 0 aliphatic carbocycles. The third-order valence-corrected chi connectivity index (χ3v) is 3.11. The minimum atomic E-state index is -0.0719. The Kier molecular flexibility index (Phi) is 6.30. The molecule has 2 unspecified atom stereocenters. The van der Waals surface area contributed by atoms with Crippen LogP contribution in [0.3, 0.4) is 0 Å². The van der Waals surface area contributed by atoms with Crippen LogP contribution in [-0.4, -0.2) is 32.2 Å². The topological polar surface area (TPSA) is 40.2 Å². The minimum Gasteiger partial charge on any atom is -0.462 e. The molecule has 1 saturated heterocycles. The van der Waals surface area contributed by atoms with Crippen LogP contribution in [0.5, 0.6) is 5.75 Å². The molecule has 0 saturated carbocycles. The van der Waals surface area contributed by atoms with Crippen molar-refractivity contribution < 1.29 is 18.9 Å². The lowest BCUT2D eigenvalue weighted by Gasteiger charge is -2.07. The molecule has 0 radical (unpaired) electrons. The third-order valence-electron chi connectivity index (χ3n) is 3.11. The van der Waals surface area contributed by atoms with Gasteiger partial charge in [-0.05, 0) is 31.0 Å². The Labute approximate surface area is 121 Å². The SMILES string of the molecule is CCCCOCCOCc1ccc(OC2OC2C)cc1. The molecule has 0 aromatic heterocycles. The van der Waals surface area contributed by atoms with E-state index in [0.717, 1.165) is 24.3 Å². The monoisotopic (exact) mass is 280 g/mol. The summed E-state index contributed by atoms with van der Waals surface area (Å²) in [5.74, 6) is 0.839. The zero-order valence-electron chi connectivity index (χ0n) is 12.3. The smallest absolute Gasteiger partial charge is 0.226 e. The van der Waals surface area contributed by atoms with Crippen LogP contribution in [0, 0.1) is 0 Å². The molecule has 0 spiro atoms. The number of ether oxygens (including phenoxy) is 4. The molecule has 4 heteroatoms. The van der Waals surface area contributed by atoms with Gasteiger partial charge in [0.2, 0.25) is 6.29 Å². The van der Waals surface area contributed by atoms with E-state index in [1.807, 2.05) is 31.2 Å². The van der Waals surface area contributed by atoms with Crippen LogP contribution < -0.4 is 4.74 Å². The van der Waals surface area contributed by atoms with E-state index in [9.17, 15) is 0 Å². The first-order chi connectivity index (χ1) is 9.79. The van der Waals surface area contributed by atoms with E-state index in [-0.39, 0.29) is 12.4 Å². The lowest BCUT2D eigenvalue weighted by molar-refractivity contribution is 0.0396. The van der Waals surface area contributed by atoms with Crippen LogP contribution >= 0.6 is 0 Å². The van der Waals surface area contributed by atoms with Crippen LogP contribution in [0.4, 0.5) is 0 Å². The minimum absolute atomic E-state index is 0.0719. The highest BCUT2D eigenvalue weighted by Crippen LogP contribution is 2.25. The van der Waals surface area contributed by atoms with E-state index in [2.05, 4.69) is 6.92 Å². The van der Waals surface area contributed by atoms with Crippen LogP contribution in [-0.2, 0) is 20.8 Å². The molecule has 0 bridgehead atoms. The second kappa shape index (κ2) is 8.25. The molecule has 0 N–H and O–H groups in total. The van der Waals surface area contributed by atoms with E-state index in [0.29, 0.717) is 19.8 Å². The van der Waals surface area contributed by atoms with E-state index in [4.69, 9.17) is 18.9 Å². The van der Waals surface area contributed by atoms with Crippen molar-refractivity contribution >= 4 is 0 Å². The van der Waals surface area contributed by atoms with Gasteiger partial charge in [0.15, 0.2) is 0 Å². The van der Waals surface area contributed by atoms with Crippen molar-refractivity contribution in [2.24, 2.45) is 0 Å². The Balaban J connectivity index is 1.56. The quantitative estimate of drug-likeness (QED) is 0.487. The highest BCUT2D eigenvalue weighted by atomic mass is 16.8. The highest BCUT2D eigenvalue weighted by molar-refractivity contribution is 5.27. The summed E-state index contributed by atoms with van der Waals surface area (Å²) in [6.07, 6.45) is 2.42. The van der Waals surface area contributed by atoms with Gasteiger partial charge in [-0.2, -0.15) is 0 Å². The molecular weight excluding hydrogens is 256 g/mol. The molecule has 1 aliphatic rings. The van der Waals surface area contributed by atoms with Gasteiger partial charge in [-0.15, -0.1) is 0 Å². The standard InChI is InChI=1S/C16H24O4/c1-3-4-9-17-10-11-18-12-14-5-7-15(8-6-14)20-16-13(2)19-16/h5-8,13,16H,3-4,9-12H2,1-2H3. The normalized spacial score (nSPS) is 20.9. The predicted molar refractivity (Wildman–Crippen MR) is 76.8 cm³/mol. The van der Waals surface area contributed by atoms with Crippen molar-refractivity contribution in [3.05, 3.63) is 29.8 Å². The summed E-state index contributed by atoms with van der Waals surface area (Å²) in [6.45, 7) is 6.88. The summed E-state index contributed by atoms with van der Waals surface area (Å²) >= 11 is 0. The summed E-state index contributed by atoms with van der Waals surface area (Å²) in [7, 11) is 0. The van der Waals surface area contributed by atoms with Gasteiger partial charge in [0.1, 0.15) is 11.9 Å². The lowest BCUT2D eigenvalue weighted by atomic mass is 10.2. The van der Waals surface area contributed by atoms with Crippen LogP contribution in [0.15, 0.2) is 24.3 Å². The fourth-order valence-corrected chi connectivity index (χ4v) is 1.74. The van der Waals surface area contributed by atoms with Gasteiger partial charge >= 0.3 is 0 Å². The van der Waals surface area contributed by atoms with Gasteiger partial charge in [0, 0.05) is 6.61 Å². The second-order valence-corrected chi connectivity index (χ2v) is 4.99. The van der Waals surface area contributed by atoms with E-state index < -0.39 is 0 Å². The van der Waals surface area contributed by atoms with Gasteiger partial charge in [0.25, 0.3) is 0 Å². The first kappa shape index (κ1) is 15.3. The summed E-state index contributed by atoms with van der Waals surface area (Å²) in [5.41, 5.74) is 1.13. The zero-order chi connectivity index (χ0) is 14.2. The molecule has 112 valence electrons. The molecule has 1 fully saturated rings. The predicted octanol–water partition coefficient (Wildman–Crippen LogP) is 3.14. The van der Waals surface area contributed by atoms with Crippen molar-refractivity contribution in [3.63, 3.8) is 0 Å². The van der Waals surface area contributed by atoms with Crippen molar-refractivity contribution in [1.82, 2.24) is 0 Å². The zero-order valence-corrected chi connectivity index (χ0v) is 12.3. The van der Waals surface area contributed by atoms with E-state index in [1.54, 1.807) is 0 Å². The Hall–Kier alpha value is -1.10. The average molecular weight is 280 g/mol. The lowest BCUT2D eigenvalue weighted by Crippen LogP contribution is -2.05. The molecule has 2 rings (SSSR count). The molecule has 2 atom stereocenters. The van der Waals surface area contributed by atoms with Gasteiger partial charge in [-0.1, -0.05) is 25.5 Å². The second-order valence-electron chi connectivity index (χ2n) is 4.99. The Morgan fingerprint density at radius 1 is 1.05 bits per heavy atom. The van der Waals surface area contributed by atoms with Gasteiger partial charge in [-0.3, -0.25) is 0 Å². The number of epoxide rings is 1.